The molecular formula is C13H22N6. The van der Waals surface area contributed by atoms with E-state index in [4.69, 9.17) is 0 Å². The first-order valence-electron chi connectivity index (χ1n) is 6.47. The van der Waals surface area contributed by atoms with E-state index in [2.05, 4.69) is 26.9 Å². The second kappa shape index (κ2) is 5.34. The molecule has 0 amide bonds. The molecule has 0 atom stereocenters. The normalized spacial score (nSPS) is 10.8. The van der Waals surface area contributed by atoms with Crippen molar-refractivity contribution >= 4 is 11.6 Å². The smallest absolute Gasteiger partial charge is 0.204 e. The number of nitrogens with zero attached hydrogens (tertiary/aromatic N) is 5. The second-order valence-electron chi connectivity index (χ2n) is 4.87. The molecule has 19 heavy (non-hydrogen) atoms. The molecule has 0 bridgehead atoms. The molecule has 2 heterocycles. The van der Waals surface area contributed by atoms with Gasteiger partial charge >= 0.3 is 0 Å². The summed E-state index contributed by atoms with van der Waals surface area (Å²) in [5.74, 6) is 0.957. The van der Waals surface area contributed by atoms with Crippen LogP contribution in [0, 0.1) is 0 Å². The van der Waals surface area contributed by atoms with Crippen molar-refractivity contribution in [3.63, 3.8) is 0 Å². The monoisotopic (exact) mass is 262 g/mol. The lowest BCUT2D eigenvalue weighted by Gasteiger charge is -2.13. The zero-order chi connectivity index (χ0) is 14.0. The minimum Gasteiger partial charge on any atom is -0.377 e. The first kappa shape index (κ1) is 13.5. The largest absolute Gasteiger partial charge is 0.377 e. The van der Waals surface area contributed by atoms with Crippen LogP contribution < -0.4 is 10.2 Å². The van der Waals surface area contributed by atoms with Crippen LogP contribution in [0.5, 0.6) is 0 Å². The van der Waals surface area contributed by atoms with Crippen LogP contribution in [-0.2, 0) is 27.1 Å². The number of hydrogen-bond donors (Lipinski definition) is 1. The summed E-state index contributed by atoms with van der Waals surface area (Å²) in [6.45, 7) is 2.86. The second-order valence-corrected chi connectivity index (χ2v) is 4.87. The first-order chi connectivity index (χ1) is 9.02. The molecule has 6 nitrogen and oxygen atoms in total. The Morgan fingerprint density at radius 2 is 2.05 bits per heavy atom. The summed E-state index contributed by atoms with van der Waals surface area (Å²) in [4.78, 5) is 6.41. The van der Waals surface area contributed by atoms with E-state index in [1.807, 2.05) is 50.2 Å². The van der Waals surface area contributed by atoms with Gasteiger partial charge in [-0.1, -0.05) is 6.92 Å². The van der Waals surface area contributed by atoms with Crippen LogP contribution in [0.1, 0.15) is 18.3 Å². The molecular weight excluding hydrogens is 240 g/mol. The highest BCUT2D eigenvalue weighted by Gasteiger charge is 2.09. The predicted octanol–water partition coefficient (Wildman–Crippen LogP) is 1.39. The van der Waals surface area contributed by atoms with E-state index in [0.717, 1.165) is 36.0 Å². The number of hydrogen-bond acceptors (Lipinski definition) is 4. The van der Waals surface area contributed by atoms with Crippen LogP contribution in [0.3, 0.4) is 0 Å². The van der Waals surface area contributed by atoms with Gasteiger partial charge in [0, 0.05) is 34.4 Å². The molecule has 2 aromatic rings. The van der Waals surface area contributed by atoms with Crippen molar-refractivity contribution in [3.8, 4) is 0 Å². The SMILES string of the molecule is CCc1nn(C)cc1NCc1cnc(N(C)C)n1C. The molecule has 104 valence electrons. The van der Waals surface area contributed by atoms with Crippen LogP contribution in [0.25, 0.3) is 0 Å². The average molecular weight is 262 g/mol. The van der Waals surface area contributed by atoms with E-state index in [1.54, 1.807) is 0 Å². The maximum absolute atomic E-state index is 4.42. The molecule has 0 radical (unpaired) electrons. The number of aromatic nitrogens is 4. The number of rotatable bonds is 5. The molecule has 0 fully saturated rings. The Bertz CT molecular complexity index is 551. The van der Waals surface area contributed by atoms with Crippen molar-refractivity contribution in [2.75, 3.05) is 24.3 Å². The van der Waals surface area contributed by atoms with Crippen LogP contribution in [0.15, 0.2) is 12.4 Å². The van der Waals surface area contributed by atoms with Gasteiger partial charge in [-0.05, 0) is 6.42 Å². The van der Waals surface area contributed by atoms with E-state index in [-0.39, 0.29) is 0 Å². The minimum absolute atomic E-state index is 0.746. The van der Waals surface area contributed by atoms with Gasteiger partial charge < -0.3 is 14.8 Å². The van der Waals surface area contributed by atoms with Gasteiger partial charge in [-0.25, -0.2) is 4.98 Å². The van der Waals surface area contributed by atoms with Crippen molar-refractivity contribution < 1.29 is 0 Å². The fourth-order valence-corrected chi connectivity index (χ4v) is 2.14. The predicted molar refractivity (Wildman–Crippen MR) is 77.4 cm³/mol. The van der Waals surface area contributed by atoms with Crippen LogP contribution in [-0.4, -0.2) is 33.4 Å². The molecule has 0 aliphatic heterocycles. The molecule has 6 heteroatoms. The lowest BCUT2D eigenvalue weighted by molar-refractivity contribution is 0.746. The molecule has 0 aliphatic carbocycles. The van der Waals surface area contributed by atoms with E-state index in [9.17, 15) is 0 Å². The van der Waals surface area contributed by atoms with E-state index < -0.39 is 0 Å². The van der Waals surface area contributed by atoms with Crippen molar-refractivity contribution in [2.45, 2.75) is 19.9 Å². The summed E-state index contributed by atoms with van der Waals surface area (Å²) < 4.78 is 3.94. The summed E-state index contributed by atoms with van der Waals surface area (Å²) in [6.07, 6.45) is 4.85. The van der Waals surface area contributed by atoms with Crippen molar-refractivity contribution in [1.82, 2.24) is 19.3 Å². The highest BCUT2D eigenvalue weighted by Crippen LogP contribution is 2.16. The molecule has 0 unspecified atom stereocenters. The van der Waals surface area contributed by atoms with Gasteiger partial charge in [0.15, 0.2) is 0 Å². The van der Waals surface area contributed by atoms with Gasteiger partial charge in [-0.2, -0.15) is 5.10 Å². The first-order valence-corrected chi connectivity index (χ1v) is 6.47. The van der Waals surface area contributed by atoms with Gasteiger partial charge in [0.1, 0.15) is 0 Å². The van der Waals surface area contributed by atoms with E-state index >= 15 is 0 Å². The fourth-order valence-electron chi connectivity index (χ4n) is 2.14. The molecule has 2 rings (SSSR count). The Labute approximate surface area is 114 Å². The Kier molecular flexibility index (Phi) is 3.78. The molecule has 0 aromatic carbocycles. The summed E-state index contributed by atoms with van der Waals surface area (Å²) in [7, 11) is 7.97. The van der Waals surface area contributed by atoms with Gasteiger partial charge in [-0.3, -0.25) is 4.68 Å². The molecule has 2 aromatic heterocycles. The van der Waals surface area contributed by atoms with Gasteiger partial charge in [0.2, 0.25) is 5.95 Å². The lowest BCUT2D eigenvalue weighted by atomic mass is 10.3. The highest BCUT2D eigenvalue weighted by atomic mass is 15.3. The Hall–Kier alpha value is -1.98. The van der Waals surface area contributed by atoms with Crippen molar-refractivity contribution in [1.29, 1.82) is 0 Å². The van der Waals surface area contributed by atoms with E-state index in [1.165, 1.54) is 0 Å². The summed E-state index contributed by atoms with van der Waals surface area (Å²) in [5.41, 5.74) is 3.34. The van der Waals surface area contributed by atoms with Crippen LogP contribution >= 0.6 is 0 Å². The third-order valence-electron chi connectivity index (χ3n) is 3.16. The molecule has 0 saturated carbocycles. The molecule has 0 spiro atoms. The van der Waals surface area contributed by atoms with Gasteiger partial charge in [0.25, 0.3) is 0 Å². The highest BCUT2D eigenvalue weighted by molar-refractivity contribution is 5.46. The van der Waals surface area contributed by atoms with E-state index in [0.29, 0.717) is 0 Å². The number of anilines is 2. The van der Waals surface area contributed by atoms with Crippen LogP contribution in [0.2, 0.25) is 0 Å². The maximum atomic E-state index is 4.42. The Morgan fingerprint density at radius 3 is 2.63 bits per heavy atom. The fraction of sp³-hybridized carbons (Fsp3) is 0.538. The quantitative estimate of drug-likeness (QED) is 0.885. The minimum atomic E-state index is 0.746. The zero-order valence-electron chi connectivity index (χ0n) is 12.3. The van der Waals surface area contributed by atoms with Crippen molar-refractivity contribution in [3.05, 3.63) is 23.8 Å². The van der Waals surface area contributed by atoms with Crippen molar-refractivity contribution in [2.24, 2.45) is 14.1 Å². The van der Waals surface area contributed by atoms with Crippen LogP contribution in [0.4, 0.5) is 11.6 Å². The number of imidazole rings is 1. The molecule has 0 saturated heterocycles. The third kappa shape index (κ3) is 2.72. The number of aryl methyl sites for hydroxylation is 2. The van der Waals surface area contributed by atoms with Gasteiger partial charge in [-0.15, -0.1) is 0 Å². The zero-order valence-corrected chi connectivity index (χ0v) is 12.3. The number of nitrogens with one attached hydrogen (secondary N) is 1. The summed E-state index contributed by atoms with van der Waals surface area (Å²) in [5, 5.41) is 7.85. The average Bonchev–Trinajstić information content (AvgIpc) is 2.90. The third-order valence-corrected chi connectivity index (χ3v) is 3.16. The summed E-state index contributed by atoms with van der Waals surface area (Å²) >= 11 is 0. The van der Waals surface area contributed by atoms with Gasteiger partial charge in [0.05, 0.1) is 29.8 Å². The summed E-state index contributed by atoms with van der Waals surface area (Å²) in [6, 6.07) is 0. The Balaban J connectivity index is 2.10. The lowest BCUT2D eigenvalue weighted by Crippen LogP contribution is -2.15. The maximum Gasteiger partial charge on any atom is 0.204 e. The topological polar surface area (TPSA) is 50.9 Å². The molecule has 0 aliphatic rings. The Morgan fingerprint density at radius 1 is 1.32 bits per heavy atom. The molecule has 1 N–H and O–H groups in total. The standard InChI is InChI=1S/C13H22N6/c1-6-11-12(9-18(4)16-11)14-7-10-8-15-13(17(2)3)19(10)5/h8-9,14H,6-7H2,1-5H3.